The highest BCUT2D eigenvalue weighted by Crippen LogP contribution is 2.26. The SMILES string of the molecule is NCC(=O)c1cccc(NCN2C(=O)c3ccc([N+](=O)[O-])cc3C2=O)c1. The monoisotopic (exact) mass is 354 g/mol. The van der Waals surface area contributed by atoms with Crippen LogP contribution in [0.5, 0.6) is 0 Å². The van der Waals surface area contributed by atoms with E-state index in [9.17, 15) is 24.5 Å². The lowest BCUT2D eigenvalue weighted by Crippen LogP contribution is -2.34. The summed E-state index contributed by atoms with van der Waals surface area (Å²) in [6.45, 7) is -0.263. The molecule has 0 saturated heterocycles. The topological polar surface area (TPSA) is 136 Å². The molecular formula is C17H14N4O5. The lowest BCUT2D eigenvalue weighted by atomic mass is 10.1. The number of rotatable bonds is 6. The Labute approximate surface area is 147 Å². The number of nitrogens with two attached hydrogens (primary N) is 1. The van der Waals surface area contributed by atoms with Crippen LogP contribution in [0.15, 0.2) is 42.5 Å². The highest BCUT2D eigenvalue weighted by Gasteiger charge is 2.36. The van der Waals surface area contributed by atoms with E-state index >= 15 is 0 Å². The van der Waals surface area contributed by atoms with Crippen molar-refractivity contribution in [2.24, 2.45) is 5.73 Å². The highest BCUT2D eigenvalue weighted by atomic mass is 16.6. The molecule has 3 rings (SSSR count). The van der Waals surface area contributed by atoms with Gasteiger partial charge in [0.25, 0.3) is 17.5 Å². The first-order chi connectivity index (χ1) is 12.4. The van der Waals surface area contributed by atoms with Crippen molar-refractivity contribution < 1.29 is 19.3 Å². The van der Waals surface area contributed by atoms with E-state index in [2.05, 4.69) is 5.32 Å². The number of nitro benzene ring substituents is 1. The van der Waals surface area contributed by atoms with Crippen molar-refractivity contribution in [1.29, 1.82) is 0 Å². The first kappa shape index (κ1) is 17.2. The van der Waals surface area contributed by atoms with E-state index in [-0.39, 0.29) is 35.8 Å². The van der Waals surface area contributed by atoms with Gasteiger partial charge in [-0.1, -0.05) is 12.1 Å². The highest BCUT2D eigenvalue weighted by molar-refractivity contribution is 6.21. The smallest absolute Gasteiger partial charge is 0.270 e. The van der Waals surface area contributed by atoms with Crippen LogP contribution < -0.4 is 11.1 Å². The fourth-order valence-corrected chi connectivity index (χ4v) is 2.63. The van der Waals surface area contributed by atoms with Crippen LogP contribution in [0.2, 0.25) is 0 Å². The number of nitrogens with zero attached hydrogens (tertiary/aromatic N) is 2. The fraction of sp³-hybridized carbons (Fsp3) is 0.118. The van der Waals surface area contributed by atoms with Gasteiger partial charge in [-0.15, -0.1) is 0 Å². The fourth-order valence-electron chi connectivity index (χ4n) is 2.63. The molecule has 26 heavy (non-hydrogen) atoms. The van der Waals surface area contributed by atoms with Gasteiger partial charge in [0.2, 0.25) is 0 Å². The summed E-state index contributed by atoms with van der Waals surface area (Å²) >= 11 is 0. The molecule has 0 atom stereocenters. The third-order valence-corrected chi connectivity index (χ3v) is 3.98. The molecule has 0 fully saturated rings. The molecule has 0 bridgehead atoms. The van der Waals surface area contributed by atoms with Crippen LogP contribution in [0.1, 0.15) is 31.1 Å². The van der Waals surface area contributed by atoms with E-state index in [0.29, 0.717) is 11.3 Å². The number of ketones is 1. The van der Waals surface area contributed by atoms with Gasteiger partial charge < -0.3 is 11.1 Å². The average molecular weight is 354 g/mol. The van der Waals surface area contributed by atoms with Crippen LogP contribution in [-0.4, -0.2) is 40.6 Å². The molecule has 2 amide bonds. The molecule has 0 spiro atoms. The Hall–Kier alpha value is -3.59. The number of nitrogens with one attached hydrogen (secondary N) is 1. The zero-order valence-electron chi connectivity index (χ0n) is 13.5. The van der Waals surface area contributed by atoms with Crippen LogP contribution in [0.4, 0.5) is 11.4 Å². The number of amides is 2. The third-order valence-electron chi connectivity index (χ3n) is 3.98. The molecule has 2 aromatic rings. The second-order valence-corrected chi connectivity index (χ2v) is 5.57. The van der Waals surface area contributed by atoms with Gasteiger partial charge >= 0.3 is 0 Å². The summed E-state index contributed by atoms with van der Waals surface area (Å²) in [4.78, 5) is 47.6. The summed E-state index contributed by atoms with van der Waals surface area (Å²) in [6, 6.07) is 10.1. The minimum atomic E-state index is -0.626. The molecule has 1 aliphatic heterocycles. The normalized spacial score (nSPS) is 12.9. The molecule has 3 N–H and O–H groups in total. The number of hydrogen-bond acceptors (Lipinski definition) is 7. The number of carbonyl (C=O) groups excluding carboxylic acids is 3. The number of non-ortho nitro benzene ring substituents is 1. The molecule has 132 valence electrons. The van der Waals surface area contributed by atoms with Crippen molar-refractivity contribution in [3.05, 3.63) is 69.3 Å². The van der Waals surface area contributed by atoms with Crippen molar-refractivity contribution in [2.45, 2.75) is 0 Å². The second kappa shape index (κ2) is 6.73. The van der Waals surface area contributed by atoms with Crippen LogP contribution >= 0.6 is 0 Å². The van der Waals surface area contributed by atoms with E-state index in [1.54, 1.807) is 24.3 Å². The molecule has 0 radical (unpaired) electrons. The predicted octanol–water partition coefficient (Wildman–Crippen LogP) is 1.40. The zero-order chi connectivity index (χ0) is 18.8. The van der Waals surface area contributed by atoms with Gasteiger partial charge in [0.1, 0.15) is 0 Å². The van der Waals surface area contributed by atoms with Crippen LogP contribution in [0.25, 0.3) is 0 Å². The van der Waals surface area contributed by atoms with Crippen molar-refractivity contribution in [3.63, 3.8) is 0 Å². The Balaban J connectivity index is 1.77. The standard InChI is InChI=1S/C17H14N4O5/c18-8-15(22)10-2-1-3-11(6-10)19-9-20-16(23)13-5-4-12(21(25)26)7-14(13)17(20)24/h1-7,19H,8-9,18H2. The molecule has 0 saturated carbocycles. The van der Waals surface area contributed by atoms with E-state index in [1.807, 2.05) is 0 Å². The number of carbonyl (C=O) groups is 3. The molecule has 2 aromatic carbocycles. The summed E-state index contributed by atoms with van der Waals surface area (Å²) < 4.78 is 0. The number of imide groups is 1. The number of nitro groups is 1. The Bertz CT molecular complexity index is 941. The lowest BCUT2D eigenvalue weighted by molar-refractivity contribution is -0.384. The van der Waals surface area contributed by atoms with Crippen LogP contribution in [0.3, 0.4) is 0 Å². The molecule has 0 unspecified atom stereocenters. The Morgan fingerprint density at radius 3 is 2.54 bits per heavy atom. The first-order valence-corrected chi connectivity index (χ1v) is 7.64. The Morgan fingerprint density at radius 1 is 1.12 bits per heavy atom. The van der Waals surface area contributed by atoms with E-state index < -0.39 is 16.7 Å². The quantitative estimate of drug-likeness (QED) is 0.346. The molecule has 9 nitrogen and oxygen atoms in total. The largest absolute Gasteiger partial charge is 0.367 e. The molecule has 1 heterocycles. The number of benzene rings is 2. The zero-order valence-corrected chi connectivity index (χ0v) is 13.5. The molecule has 9 heteroatoms. The maximum atomic E-state index is 12.4. The third kappa shape index (κ3) is 3.03. The maximum absolute atomic E-state index is 12.4. The van der Waals surface area contributed by atoms with Crippen LogP contribution in [0, 0.1) is 10.1 Å². The number of hydrogen-bond donors (Lipinski definition) is 2. The van der Waals surface area contributed by atoms with Gasteiger partial charge in [0.15, 0.2) is 5.78 Å². The molecule has 0 aliphatic carbocycles. The summed E-state index contributed by atoms with van der Waals surface area (Å²) in [5.41, 5.74) is 6.14. The van der Waals surface area contributed by atoms with E-state index in [4.69, 9.17) is 5.73 Å². The van der Waals surface area contributed by atoms with E-state index in [0.717, 1.165) is 11.0 Å². The molecule has 0 aromatic heterocycles. The molecular weight excluding hydrogens is 340 g/mol. The van der Waals surface area contributed by atoms with Crippen molar-refractivity contribution in [2.75, 3.05) is 18.5 Å². The van der Waals surface area contributed by atoms with Crippen molar-refractivity contribution in [3.8, 4) is 0 Å². The summed E-state index contributed by atoms with van der Waals surface area (Å²) in [5, 5.41) is 13.7. The average Bonchev–Trinajstić information content (AvgIpc) is 2.89. The summed E-state index contributed by atoms with van der Waals surface area (Å²) in [7, 11) is 0. The van der Waals surface area contributed by atoms with Gasteiger partial charge in [-0.3, -0.25) is 29.4 Å². The molecule has 1 aliphatic rings. The van der Waals surface area contributed by atoms with E-state index in [1.165, 1.54) is 12.1 Å². The second-order valence-electron chi connectivity index (χ2n) is 5.57. The van der Waals surface area contributed by atoms with Crippen molar-refractivity contribution >= 4 is 29.0 Å². The lowest BCUT2D eigenvalue weighted by Gasteiger charge is -2.16. The minimum absolute atomic E-state index is 0.00180. The van der Waals surface area contributed by atoms with Gasteiger partial charge in [-0.2, -0.15) is 0 Å². The van der Waals surface area contributed by atoms with Crippen LogP contribution in [-0.2, 0) is 0 Å². The summed E-state index contributed by atoms with van der Waals surface area (Å²) in [6.07, 6.45) is 0. The number of fused-ring (bicyclic) bond motifs is 1. The predicted molar refractivity (Wildman–Crippen MR) is 91.9 cm³/mol. The number of Topliss-reactive ketones (excluding diaryl/α,β-unsaturated/α-hetero) is 1. The van der Waals surface area contributed by atoms with Gasteiger partial charge in [0.05, 0.1) is 29.3 Å². The minimum Gasteiger partial charge on any atom is -0.367 e. The van der Waals surface area contributed by atoms with Gasteiger partial charge in [0, 0.05) is 23.4 Å². The first-order valence-electron chi connectivity index (χ1n) is 7.64. The Morgan fingerprint density at radius 2 is 1.85 bits per heavy atom. The van der Waals surface area contributed by atoms with Crippen molar-refractivity contribution in [1.82, 2.24) is 4.90 Å². The Kier molecular flexibility index (Phi) is 4.46. The maximum Gasteiger partial charge on any atom is 0.270 e. The number of anilines is 1. The summed E-state index contributed by atoms with van der Waals surface area (Å²) in [5.74, 6) is -1.39. The van der Waals surface area contributed by atoms with Gasteiger partial charge in [-0.25, -0.2) is 0 Å². The van der Waals surface area contributed by atoms with Gasteiger partial charge in [-0.05, 0) is 18.2 Å².